The van der Waals surface area contributed by atoms with Gasteiger partial charge in [-0.15, -0.1) is 0 Å². The summed E-state index contributed by atoms with van der Waals surface area (Å²) in [6, 6.07) is 12.4. The van der Waals surface area contributed by atoms with Crippen LogP contribution in [0.15, 0.2) is 53.4 Å². The van der Waals surface area contributed by atoms with Gasteiger partial charge in [0.15, 0.2) is 0 Å². The Morgan fingerprint density at radius 3 is 2.36 bits per heavy atom. The molecule has 2 aromatic carbocycles. The third-order valence-corrected chi connectivity index (χ3v) is 8.09. The van der Waals surface area contributed by atoms with E-state index in [1.807, 2.05) is 20.8 Å². The van der Waals surface area contributed by atoms with Gasteiger partial charge in [-0.3, -0.25) is 14.4 Å². The summed E-state index contributed by atoms with van der Waals surface area (Å²) in [5.41, 5.74) is 0.955. The summed E-state index contributed by atoms with van der Waals surface area (Å²) in [6.45, 7) is 6.40. The van der Waals surface area contributed by atoms with Crippen molar-refractivity contribution in [3.8, 4) is 0 Å². The monoisotopic (exact) mass is 533 g/mol. The molecular formula is C26H32ClN3O5S. The van der Waals surface area contributed by atoms with E-state index in [-0.39, 0.29) is 54.1 Å². The second-order valence-electron chi connectivity index (χ2n) is 9.19. The van der Waals surface area contributed by atoms with E-state index < -0.39 is 22.0 Å². The van der Waals surface area contributed by atoms with Crippen LogP contribution in [0.5, 0.6) is 0 Å². The number of nitrogens with one attached hydrogen (secondary N) is 1. The first-order chi connectivity index (χ1) is 17.1. The van der Waals surface area contributed by atoms with Crippen molar-refractivity contribution in [2.75, 3.05) is 13.1 Å². The maximum absolute atomic E-state index is 13.4. The van der Waals surface area contributed by atoms with Crippen molar-refractivity contribution in [1.82, 2.24) is 14.5 Å². The lowest BCUT2D eigenvalue weighted by Gasteiger charge is -2.31. The minimum Gasteiger partial charge on any atom is -0.354 e. The molecule has 0 aliphatic carbocycles. The third-order valence-electron chi connectivity index (χ3n) is 6.00. The topological polar surface area (TPSA) is 104 Å². The first-order valence-corrected chi connectivity index (χ1v) is 13.9. The molecule has 1 heterocycles. The summed E-state index contributed by atoms with van der Waals surface area (Å²) >= 11 is 6.00. The average molecular weight is 534 g/mol. The van der Waals surface area contributed by atoms with Crippen molar-refractivity contribution >= 4 is 39.3 Å². The summed E-state index contributed by atoms with van der Waals surface area (Å²) in [7, 11) is -3.93. The number of rotatable bonds is 11. The number of hydrogen-bond donors (Lipinski definition) is 1. The van der Waals surface area contributed by atoms with Gasteiger partial charge in [0.25, 0.3) is 15.9 Å². The fraction of sp³-hybridized carbons (Fsp3) is 0.423. The molecular weight excluding hydrogens is 502 g/mol. The fourth-order valence-corrected chi connectivity index (χ4v) is 5.83. The van der Waals surface area contributed by atoms with E-state index in [2.05, 4.69) is 5.32 Å². The van der Waals surface area contributed by atoms with Gasteiger partial charge in [-0.05, 0) is 48.6 Å². The highest BCUT2D eigenvalue weighted by Gasteiger charge is 2.40. The second-order valence-corrected chi connectivity index (χ2v) is 11.5. The van der Waals surface area contributed by atoms with E-state index in [0.29, 0.717) is 18.0 Å². The quantitative estimate of drug-likeness (QED) is 0.472. The standard InChI is InChI=1S/C26H32ClN3O5S/c1-4-22(25(32)28-16-18(2)3)29(17-19-11-13-20(27)14-12-19)24(31)10-7-15-30-26(33)21-8-5-6-9-23(21)36(30,34)35/h5-6,8-9,11-14,18,22H,4,7,10,15-17H2,1-3H3,(H,28,32). The number of carbonyl (C=O) groups is 3. The van der Waals surface area contributed by atoms with Gasteiger partial charge >= 0.3 is 0 Å². The maximum Gasteiger partial charge on any atom is 0.269 e. The van der Waals surface area contributed by atoms with E-state index in [1.54, 1.807) is 36.4 Å². The molecule has 1 unspecified atom stereocenters. The van der Waals surface area contributed by atoms with Gasteiger partial charge in [0, 0.05) is 31.1 Å². The lowest BCUT2D eigenvalue weighted by atomic mass is 10.1. The molecule has 1 aliphatic heterocycles. The van der Waals surface area contributed by atoms with Crippen LogP contribution in [0, 0.1) is 5.92 Å². The summed E-state index contributed by atoms with van der Waals surface area (Å²) in [5, 5.41) is 3.47. The first kappa shape index (κ1) is 27.7. The molecule has 36 heavy (non-hydrogen) atoms. The van der Waals surface area contributed by atoms with Gasteiger partial charge < -0.3 is 10.2 Å². The van der Waals surface area contributed by atoms with E-state index in [4.69, 9.17) is 11.6 Å². The van der Waals surface area contributed by atoms with Crippen molar-refractivity contribution in [1.29, 1.82) is 0 Å². The van der Waals surface area contributed by atoms with Gasteiger partial charge in [0.05, 0.1) is 5.56 Å². The number of halogens is 1. The Labute approximate surface area is 217 Å². The molecule has 1 atom stereocenters. The molecule has 0 aromatic heterocycles. The predicted octanol–water partition coefficient (Wildman–Crippen LogP) is 3.84. The van der Waals surface area contributed by atoms with Crippen LogP contribution in [0.3, 0.4) is 0 Å². The van der Waals surface area contributed by atoms with E-state index in [1.165, 1.54) is 17.0 Å². The Morgan fingerprint density at radius 1 is 1.08 bits per heavy atom. The summed E-state index contributed by atoms with van der Waals surface area (Å²) in [6.07, 6.45) is 0.535. The molecule has 10 heteroatoms. The van der Waals surface area contributed by atoms with Crippen LogP contribution in [0.4, 0.5) is 0 Å². The van der Waals surface area contributed by atoms with Crippen molar-refractivity contribution < 1.29 is 22.8 Å². The SMILES string of the molecule is CCC(C(=O)NCC(C)C)N(Cc1ccc(Cl)cc1)C(=O)CCCN1C(=O)c2ccccc2S1(=O)=O. The van der Waals surface area contributed by atoms with Crippen LogP contribution >= 0.6 is 11.6 Å². The number of nitrogens with zero attached hydrogens (tertiary/aromatic N) is 2. The zero-order valence-electron chi connectivity index (χ0n) is 20.7. The first-order valence-electron chi connectivity index (χ1n) is 12.0. The smallest absolute Gasteiger partial charge is 0.269 e. The molecule has 1 aliphatic rings. The Kier molecular flexibility index (Phi) is 9.13. The highest BCUT2D eigenvalue weighted by atomic mass is 35.5. The number of sulfonamides is 1. The number of amides is 3. The fourth-order valence-electron chi connectivity index (χ4n) is 4.10. The second kappa shape index (κ2) is 11.9. The summed E-state index contributed by atoms with van der Waals surface area (Å²) in [4.78, 5) is 40.5. The molecule has 0 radical (unpaired) electrons. The predicted molar refractivity (Wildman–Crippen MR) is 138 cm³/mol. The molecule has 3 amide bonds. The molecule has 0 fully saturated rings. The third kappa shape index (κ3) is 6.25. The summed E-state index contributed by atoms with van der Waals surface area (Å²) in [5.74, 6) is -0.856. The average Bonchev–Trinajstić information content (AvgIpc) is 3.04. The Balaban J connectivity index is 1.73. The van der Waals surface area contributed by atoms with Crippen molar-refractivity contribution in [2.45, 2.75) is 57.5 Å². The van der Waals surface area contributed by atoms with Crippen LogP contribution in [-0.2, 0) is 26.2 Å². The zero-order chi connectivity index (χ0) is 26.5. The highest BCUT2D eigenvalue weighted by molar-refractivity contribution is 7.90. The molecule has 0 saturated heterocycles. The molecule has 0 bridgehead atoms. The van der Waals surface area contributed by atoms with Crippen LogP contribution in [0.2, 0.25) is 5.02 Å². The lowest BCUT2D eigenvalue weighted by molar-refractivity contribution is -0.141. The van der Waals surface area contributed by atoms with Crippen LogP contribution < -0.4 is 5.32 Å². The number of carbonyl (C=O) groups excluding carboxylic acids is 3. The number of benzene rings is 2. The van der Waals surface area contributed by atoms with E-state index >= 15 is 0 Å². The van der Waals surface area contributed by atoms with Crippen LogP contribution in [0.25, 0.3) is 0 Å². The molecule has 0 spiro atoms. The van der Waals surface area contributed by atoms with Crippen molar-refractivity contribution in [3.05, 3.63) is 64.7 Å². The van der Waals surface area contributed by atoms with Gasteiger partial charge in [-0.1, -0.05) is 56.6 Å². The Morgan fingerprint density at radius 2 is 1.75 bits per heavy atom. The summed E-state index contributed by atoms with van der Waals surface area (Å²) < 4.78 is 26.4. The zero-order valence-corrected chi connectivity index (χ0v) is 22.3. The molecule has 8 nitrogen and oxygen atoms in total. The lowest BCUT2D eigenvalue weighted by Crippen LogP contribution is -2.49. The number of fused-ring (bicyclic) bond motifs is 1. The van der Waals surface area contributed by atoms with Gasteiger partial charge in [-0.2, -0.15) is 0 Å². The molecule has 194 valence electrons. The molecule has 3 rings (SSSR count). The van der Waals surface area contributed by atoms with Gasteiger partial charge in [0.2, 0.25) is 11.8 Å². The number of hydrogen-bond acceptors (Lipinski definition) is 5. The molecule has 0 saturated carbocycles. The Hall–Kier alpha value is -2.91. The van der Waals surface area contributed by atoms with Crippen LogP contribution in [-0.4, -0.2) is 54.5 Å². The van der Waals surface area contributed by atoms with E-state index in [9.17, 15) is 22.8 Å². The van der Waals surface area contributed by atoms with Crippen molar-refractivity contribution in [2.24, 2.45) is 5.92 Å². The van der Waals surface area contributed by atoms with Crippen molar-refractivity contribution in [3.63, 3.8) is 0 Å². The minimum absolute atomic E-state index is 0.0152. The Bertz CT molecular complexity index is 1210. The minimum atomic E-state index is -3.93. The van der Waals surface area contributed by atoms with Gasteiger partial charge in [-0.25, -0.2) is 12.7 Å². The van der Waals surface area contributed by atoms with Gasteiger partial charge in [0.1, 0.15) is 10.9 Å². The largest absolute Gasteiger partial charge is 0.354 e. The normalized spacial score (nSPS) is 15.0. The van der Waals surface area contributed by atoms with E-state index in [0.717, 1.165) is 9.87 Å². The molecule has 1 N–H and O–H groups in total. The highest BCUT2D eigenvalue weighted by Crippen LogP contribution is 2.30. The molecule has 2 aromatic rings. The van der Waals surface area contributed by atoms with Crippen LogP contribution in [0.1, 0.15) is 56.0 Å². The maximum atomic E-state index is 13.4.